The molecule has 0 unspecified atom stereocenters. The molecule has 1 heterocycles. The first-order chi connectivity index (χ1) is 10.8. The summed E-state index contributed by atoms with van der Waals surface area (Å²) in [5.74, 6) is 0.552. The van der Waals surface area contributed by atoms with Gasteiger partial charge in [-0.25, -0.2) is 0 Å². The van der Waals surface area contributed by atoms with E-state index in [1.165, 1.54) is 49.0 Å². The molecule has 1 aromatic carbocycles. The topological polar surface area (TPSA) is 54.9 Å². The molecule has 1 saturated carbocycles. The zero-order chi connectivity index (χ0) is 15.2. The van der Waals surface area contributed by atoms with E-state index < -0.39 is 0 Å². The van der Waals surface area contributed by atoms with Gasteiger partial charge in [-0.15, -0.1) is 10.2 Å². The van der Waals surface area contributed by atoms with Crippen molar-refractivity contribution in [2.75, 3.05) is 5.32 Å². The number of aromatic nitrogens is 2. The van der Waals surface area contributed by atoms with E-state index in [1.54, 1.807) is 0 Å². The Hall–Kier alpha value is -1.75. The molecule has 4 nitrogen and oxygen atoms in total. The molecular formula is C17H21N3OS. The molecule has 1 aliphatic rings. The van der Waals surface area contributed by atoms with Crippen molar-refractivity contribution in [1.82, 2.24) is 10.2 Å². The molecule has 0 atom stereocenters. The minimum Gasteiger partial charge on any atom is -0.301 e. The Kier molecular flexibility index (Phi) is 5.16. The number of carbonyl (C=O) groups excluding carboxylic acids is 1. The van der Waals surface area contributed by atoms with Crippen molar-refractivity contribution in [2.45, 2.75) is 50.9 Å². The van der Waals surface area contributed by atoms with E-state index in [1.807, 2.05) is 30.3 Å². The average molecular weight is 315 g/mol. The van der Waals surface area contributed by atoms with E-state index in [2.05, 4.69) is 15.5 Å². The Morgan fingerprint density at radius 2 is 1.91 bits per heavy atom. The maximum Gasteiger partial charge on any atom is 0.226 e. The molecule has 0 aliphatic heterocycles. The summed E-state index contributed by atoms with van der Waals surface area (Å²) in [6.07, 6.45) is 7.53. The molecule has 0 bridgehead atoms. The lowest BCUT2D eigenvalue weighted by atomic mass is 9.90. The van der Waals surface area contributed by atoms with E-state index in [0.717, 1.165) is 11.4 Å². The van der Waals surface area contributed by atoms with Crippen LogP contribution in [-0.4, -0.2) is 16.1 Å². The van der Waals surface area contributed by atoms with E-state index >= 15 is 0 Å². The number of nitrogens with one attached hydrogen (secondary N) is 1. The molecule has 116 valence electrons. The van der Waals surface area contributed by atoms with E-state index in [-0.39, 0.29) is 5.91 Å². The van der Waals surface area contributed by atoms with Gasteiger partial charge in [0.15, 0.2) is 0 Å². The minimum atomic E-state index is 0.00944. The first-order valence-electron chi connectivity index (χ1n) is 7.98. The smallest absolute Gasteiger partial charge is 0.226 e. The number of hydrogen-bond acceptors (Lipinski definition) is 4. The molecule has 2 aromatic rings. The van der Waals surface area contributed by atoms with Crippen molar-refractivity contribution < 1.29 is 4.79 Å². The van der Waals surface area contributed by atoms with Gasteiger partial charge < -0.3 is 5.32 Å². The number of anilines is 1. The third-order valence-corrected chi connectivity index (χ3v) is 5.13. The van der Waals surface area contributed by atoms with Crippen LogP contribution in [0.3, 0.4) is 0 Å². The first kappa shape index (κ1) is 15.2. The van der Waals surface area contributed by atoms with Gasteiger partial charge in [0.2, 0.25) is 11.0 Å². The maximum atomic E-state index is 12.0. The van der Waals surface area contributed by atoms with Gasteiger partial charge >= 0.3 is 0 Å². The van der Waals surface area contributed by atoms with Crippen molar-refractivity contribution in [2.24, 2.45) is 0 Å². The fraction of sp³-hybridized carbons (Fsp3) is 0.471. The zero-order valence-corrected chi connectivity index (χ0v) is 13.4. The van der Waals surface area contributed by atoms with E-state index in [0.29, 0.717) is 17.5 Å². The summed E-state index contributed by atoms with van der Waals surface area (Å²) < 4.78 is 0. The molecule has 22 heavy (non-hydrogen) atoms. The summed E-state index contributed by atoms with van der Waals surface area (Å²) in [6.45, 7) is 0. The lowest BCUT2D eigenvalue weighted by Crippen LogP contribution is -2.12. The molecule has 1 amide bonds. The van der Waals surface area contributed by atoms with Gasteiger partial charge in [0.25, 0.3) is 0 Å². The second-order valence-electron chi connectivity index (χ2n) is 5.81. The Morgan fingerprint density at radius 3 is 2.68 bits per heavy atom. The van der Waals surface area contributed by atoms with Gasteiger partial charge in [0.1, 0.15) is 5.01 Å². The van der Waals surface area contributed by atoms with Crippen LogP contribution in [-0.2, 0) is 11.2 Å². The van der Waals surface area contributed by atoms with Crippen molar-refractivity contribution in [3.05, 3.63) is 40.9 Å². The predicted molar refractivity (Wildman–Crippen MR) is 89.1 cm³/mol. The van der Waals surface area contributed by atoms with E-state index in [9.17, 15) is 4.79 Å². The number of hydrogen-bond donors (Lipinski definition) is 1. The SMILES string of the molecule is O=C(CCc1ccccc1)Nc1nnc(C2CCCCC2)s1. The lowest BCUT2D eigenvalue weighted by molar-refractivity contribution is -0.116. The molecule has 1 aliphatic carbocycles. The fourth-order valence-electron chi connectivity index (χ4n) is 2.88. The van der Waals surface area contributed by atoms with Gasteiger partial charge in [-0.2, -0.15) is 0 Å². The van der Waals surface area contributed by atoms with Crippen LogP contribution in [0.2, 0.25) is 0 Å². The van der Waals surface area contributed by atoms with Gasteiger partial charge in [0, 0.05) is 12.3 Å². The zero-order valence-electron chi connectivity index (χ0n) is 12.6. The molecule has 1 aromatic heterocycles. The standard InChI is InChI=1S/C17H21N3OS/c21-15(12-11-13-7-3-1-4-8-13)18-17-20-19-16(22-17)14-9-5-2-6-10-14/h1,3-4,7-8,14H,2,5-6,9-12H2,(H,18,20,21). The van der Waals surface area contributed by atoms with Crippen LogP contribution in [0, 0.1) is 0 Å². The average Bonchev–Trinajstić information content (AvgIpc) is 3.03. The highest BCUT2D eigenvalue weighted by atomic mass is 32.1. The maximum absolute atomic E-state index is 12.0. The lowest BCUT2D eigenvalue weighted by Gasteiger charge is -2.18. The summed E-state index contributed by atoms with van der Waals surface area (Å²) in [5.41, 5.74) is 1.18. The predicted octanol–water partition coefficient (Wildman–Crippen LogP) is 4.16. The molecule has 0 saturated heterocycles. The monoisotopic (exact) mass is 315 g/mol. The largest absolute Gasteiger partial charge is 0.301 e. The minimum absolute atomic E-state index is 0.00944. The Balaban J connectivity index is 1.50. The van der Waals surface area contributed by atoms with Crippen molar-refractivity contribution >= 4 is 22.4 Å². The van der Waals surface area contributed by atoms with Crippen LogP contribution in [0.1, 0.15) is 55.0 Å². The summed E-state index contributed by atoms with van der Waals surface area (Å²) >= 11 is 1.54. The second-order valence-corrected chi connectivity index (χ2v) is 6.82. The first-order valence-corrected chi connectivity index (χ1v) is 8.80. The summed E-state index contributed by atoms with van der Waals surface area (Å²) in [5, 5.41) is 13.0. The quantitative estimate of drug-likeness (QED) is 0.901. The molecule has 1 fully saturated rings. The number of rotatable bonds is 5. The summed E-state index contributed by atoms with van der Waals surface area (Å²) in [4.78, 5) is 12.0. The number of benzene rings is 1. The third-order valence-electron chi connectivity index (χ3n) is 4.12. The van der Waals surface area contributed by atoms with Crippen LogP contribution in [0.5, 0.6) is 0 Å². The molecular weight excluding hydrogens is 294 g/mol. The normalized spacial score (nSPS) is 15.6. The molecule has 5 heteroatoms. The molecule has 1 N–H and O–H groups in total. The summed E-state index contributed by atoms with van der Waals surface area (Å²) in [6, 6.07) is 10.1. The van der Waals surface area contributed by atoms with E-state index in [4.69, 9.17) is 0 Å². The third kappa shape index (κ3) is 4.13. The van der Waals surface area contributed by atoms with Crippen LogP contribution in [0.25, 0.3) is 0 Å². The Morgan fingerprint density at radius 1 is 1.14 bits per heavy atom. The molecule has 3 rings (SSSR count). The fourth-order valence-corrected chi connectivity index (χ4v) is 3.81. The van der Waals surface area contributed by atoms with Crippen LogP contribution >= 0.6 is 11.3 Å². The number of nitrogens with zero attached hydrogens (tertiary/aromatic N) is 2. The second kappa shape index (κ2) is 7.49. The number of aryl methyl sites for hydroxylation is 1. The summed E-state index contributed by atoms with van der Waals surface area (Å²) in [7, 11) is 0. The van der Waals surface area contributed by atoms with Gasteiger partial charge in [-0.3, -0.25) is 4.79 Å². The van der Waals surface area contributed by atoms with Crippen LogP contribution in [0.15, 0.2) is 30.3 Å². The number of amides is 1. The van der Waals surface area contributed by atoms with Gasteiger partial charge in [-0.05, 0) is 24.8 Å². The number of carbonyl (C=O) groups is 1. The highest BCUT2D eigenvalue weighted by Gasteiger charge is 2.20. The Labute approximate surface area is 135 Å². The van der Waals surface area contributed by atoms with Crippen molar-refractivity contribution in [1.29, 1.82) is 0 Å². The highest BCUT2D eigenvalue weighted by Crippen LogP contribution is 2.35. The Bertz CT molecular complexity index is 605. The molecule has 0 spiro atoms. The van der Waals surface area contributed by atoms with Crippen LogP contribution < -0.4 is 5.32 Å². The van der Waals surface area contributed by atoms with Gasteiger partial charge in [0.05, 0.1) is 0 Å². The van der Waals surface area contributed by atoms with Crippen LogP contribution in [0.4, 0.5) is 5.13 Å². The van der Waals surface area contributed by atoms with Gasteiger partial charge in [-0.1, -0.05) is 60.9 Å². The molecule has 0 radical (unpaired) electrons. The van der Waals surface area contributed by atoms with Crippen molar-refractivity contribution in [3.8, 4) is 0 Å². The van der Waals surface area contributed by atoms with Crippen molar-refractivity contribution in [3.63, 3.8) is 0 Å². The highest BCUT2D eigenvalue weighted by molar-refractivity contribution is 7.15.